The fraction of sp³-hybridized carbons (Fsp3) is 0.188. The average Bonchev–Trinajstić information content (AvgIpc) is 2.95. The lowest BCUT2D eigenvalue weighted by Crippen LogP contribution is -2.28. The summed E-state index contributed by atoms with van der Waals surface area (Å²) < 4.78 is 7.13. The maximum Gasteiger partial charge on any atom is 0.256 e. The van der Waals surface area contributed by atoms with Crippen LogP contribution in [-0.2, 0) is 0 Å². The topological polar surface area (TPSA) is 68.5 Å². The SMILES string of the molecule is Cc1cnc2c(C(=O)NCCOc3ccccc3)cnn2c1. The molecule has 0 fully saturated rings. The fourth-order valence-corrected chi connectivity index (χ4v) is 2.07. The largest absolute Gasteiger partial charge is 0.492 e. The van der Waals surface area contributed by atoms with Crippen LogP contribution in [0.5, 0.6) is 5.75 Å². The van der Waals surface area contributed by atoms with Gasteiger partial charge in [-0.05, 0) is 24.6 Å². The summed E-state index contributed by atoms with van der Waals surface area (Å²) in [5, 5.41) is 6.94. The highest BCUT2D eigenvalue weighted by molar-refractivity contribution is 5.99. The van der Waals surface area contributed by atoms with Gasteiger partial charge in [-0.3, -0.25) is 4.79 Å². The summed E-state index contributed by atoms with van der Waals surface area (Å²) in [6.07, 6.45) is 5.07. The quantitative estimate of drug-likeness (QED) is 0.730. The van der Waals surface area contributed by atoms with Crippen molar-refractivity contribution < 1.29 is 9.53 Å². The molecule has 0 aliphatic carbocycles. The minimum atomic E-state index is -0.206. The van der Waals surface area contributed by atoms with Crippen molar-refractivity contribution in [2.75, 3.05) is 13.2 Å². The van der Waals surface area contributed by atoms with Gasteiger partial charge in [0.1, 0.15) is 17.9 Å². The van der Waals surface area contributed by atoms with Crippen LogP contribution in [0.25, 0.3) is 5.65 Å². The van der Waals surface area contributed by atoms with Crippen LogP contribution >= 0.6 is 0 Å². The van der Waals surface area contributed by atoms with Crippen LogP contribution in [-0.4, -0.2) is 33.7 Å². The molecule has 0 aliphatic heterocycles. The number of ether oxygens (including phenoxy) is 1. The molecule has 0 aliphatic rings. The summed E-state index contributed by atoms with van der Waals surface area (Å²) in [5.41, 5.74) is 1.99. The van der Waals surface area contributed by atoms with Crippen molar-refractivity contribution in [3.05, 3.63) is 60.0 Å². The Morgan fingerprint density at radius 3 is 2.91 bits per heavy atom. The number of aryl methyl sites for hydroxylation is 1. The Morgan fingerprint density at radius 1 is 1.27 bits per heavy atom. The predicted molar refractivity (Wildman–Crippen MR) is 82.0 cm³/mol. The molecule has 0 unspecified atom stereocenters. The van der Waals surface area contributed by atoms with Crippen LogP contribution in [0, 0.1) is 6.92 Å². The van der Waals surface area contributed by atoms with Crippen LogP contribution in [0.4, 0.5) is 0 Å². The van der Waals surface area contributed by atoms with Gasteiger partial charge in [-0.25, -0.2) is 9.50 Å². The van der Waals surface area contributed by atoms with Crippen molar-refractivity contribution in [2.45, 2.75) is 6.92 Å². The van der Waals surface area contributed by atoms with Crippen LogP contribution in [0.1, 0.15) is 15.9 Å². The van der Waals surface area contributed by atoms with E-state index < -0.39 is 0 Å². The van der Waals surface area contributed by atoms with E-state index in [0.29, 0.717) is 24.4 Å². The molecule has 0 saturated heterocycles. The van der Waals surface area contributed by atoms with E-state index in [1.165, 1.54) is 6.20 Å². The lowest BCUT2D eigenvalue weighted by atomic mass is 10.3. The third kappa shape index (κ3) is 3.06. The van der Waals surface area contributed by atoms with Gasteiger partial charge in [-0.15, -0.1) is 0 Å². The molecule has 3 rings (SSSR count). The number of nitrogens with one attached hydrogen (secondary N) is 1. The Bertz CT molecular complexity index is 783. The molecule has 2 heterocycles. The smallest absolute Gasteiger partial charge is 0.256 e. The number of amides is 1. The molecule has 0 spiro atoms. The molecule has 1 aromatic carbocycles. The molecule has 22 heavy (non-hydrogen) atoms. The highest BCUT2D eigenvalue weighted by atomic mass is 16.5. The number of fused-ring (bicyclic) bond motifs is 1. The number of rotatable bonds is 5. The van der Waals surface area contributed by atoms with Gasteiger partial charge in [0.2, 0.25) is 0 Å². The monoisotopic (exact) mass is 296 g/mol. The van der Waals surface area contributed by atoms with Gasteiger partial charge in [-0.1, -0.05) is 18.2 Å². The van der Waals surface area contributed by atoms with Crippen LogP contribution in [0.3, 0.4) is 0 Å². The number of benzene rings is 1. The standard InChI is InChI=1S/C16H16N4O2/c1-12-9-18-15-14(10-19-20(15)11-12)16(21)17-7-8-22-13-5-3-2-4-6-13/h2-6,9-11H,7-8H2,1H3,(H,17,21). The van der Waals surface area contributed by atoms with Crippen molar-refractivity contribution in [1.29, 1.82) is 0 Å². The second-order valence-corrected chi connectivity index (χ2v) is 4.88. The molecule has 1 N–H and O–H groups in total. The molecule has 0 saturated carbocycles. The molecule has 112 valence electrons. The van der Waals surface area contributed by atoms with Crippen molar-refractivity contribution >= 4 is 11.6 Å². The van der Waals surface area contributed by atoms with Gasteiger partial charge in [0.25, 0.3) is 5.91 Å². The lowest BCUT2D eigenvalue weighted by molar-refractivity contribution is 0.0948. The summed E-state index contributed by atoms with van der Waals surface area (Å²) in [6, 6.07) is 9.48. The number of carbonyl (C=O) groups is 1. The Hall–Kier alpha value is -2.89. The Labute approximate surface area is 127 Å². The van der Waals surface area contributed by atoms with Gasteiger partial charge < -0.3 is 10.1 Å². The average molecular weight is 296 g/mol. The Morgan fingerprint density at radius 2 is 2.09 bits per heavy atom. The first kappa shape index (κ1) is 14.1. The number of nitrogens with zero attached hydrogens (tertiary/aromatic N) is 3. The summed E-state index contributed by atoms with van der Waals surface area (Å²) in [5.74, 6) is 0.577. The maximum atomic E-state index is 12.2. The number of aromatic nitrogens is 3. The summed E-state index contributed by atoms with van der Waals surface area (Å²) in [4.78, 5) is 16.4. The zero-order valence-electron chi connectivity index (χ0n) is 12.2. The van der Waals surface area contributed by atoms with Gasteiger partial charge in [0, 0.05) is 12.4 Å². The normalized spacial score (nSPS) is 10.6. The number of para-hydroxylation sites is 1. The lowest BCUT2D eigenvalue weighted by Gasteiger charge is -2.07. The van der Waals surface area contributed by atoms with Crippen LogP contribution < -0.4 is 10.1 Å². The van der Waals surface area contributed by atoms with E-state index in [0.717, 1.165) is 11.3 Å². The second kappa shape index (κ2) is 6.26. The minimum Gasteiger partial charge on any atom is -0.492 e. The fourth-order valence-electron chi connectivity index (χ4n) is 2.07. The highest BCUT2D eigenvalue weighted by Gasteiger charge is 2.13. The van der Waals surface area contributed by atoms with Crippen LogP contribution in [0.2, 0.25) is 0 Å². The third-order valence-electron chi connectivity index (χ3n) is 3.13. The third-order valence-corrected chi connectivity index (χ3v) is 3.13. The van der Waals surface area contributed by atoms with E-state index >= 15 is 0 Å². The van der Waals surface area contributed by atoms with Crippen molar-refractivity contribution in [2.24, 2.45) is 0 Å². The zero-order valence-corrected chi connectivity index (χ0v) is 12.2. The van der Waals surface area contributed by atoms with Crippen molar-refractivity contribution in [3.8, 4) is 5.75 Å². The van der Waals surface area contributed by atoms with E-state index in [4.69, 9.17) is 4.74 Å². The molecular weight excluding hydrogens is 280 g/mol. The molecular formula is C16H16N4O2. The molecule has 6 nitrogen and oxygen atoms in total. The summed E-state index contributed by atoms with van der Waals surface area (Å²) in [6.45, 7) is 2.74. The maximum absolute atomic E-state index is 12.2. The number of carbonyl (C=O) groups excluding carboxylic acids is 1. The van der Waals surface area contributed by atoms with Gasteiger partial charge >= 0.3 is 0 Å². The van der Waals surface area contributed by atoms with Crippen molar-refractivity contribution in [3.63, 3.8) is 0 Å². The van der Waals surface area contributed by atoms with Gasteiger partial charge in [-0.2, -0.15) is 5.10 Å². The van der Waals surface area contributed by atoms with Gasteiger partial charge in [0.15, 0.2) is 5.65 Å². The van der Waals surface area contributed by atoms with E-state index in [9.17, 15) is 4.79 Å². The minimum absolute atomic E-state index is 0.206. The molecule has 2 aromatic heterocycles. The molecule has 3 aromatic rings. The van der Waals surface area contributed by atoms with Gasteiger partial charge in [0.05, 0.1) is 12.7 Å². The highest BCUT2D eigenvalue weighted by Crippen LogP contribution is 2.09. The van der Waals surface area contributed by atoms with Crippen LogP contribution in [0.15, 0.2) is 48.9 Å². The number of hydrogen-bond donors (Lipinski definition) is 1. The van der Waals surface area contributed by atoms with E-state index in [-0.39, 0.29) is 5.91 Å². The summed E-state index contributed by atoms with van der Waals surface area (Å²) >= 11 is 0. The Kier molecular flexibility index (Phi) is 4.00. The van der Waals surface area contributed by atoms with E-state index in [2.05, 4.69) is 15.4 Å². The number of hydrogen-bond acceptors (Lipinski definition) is 4. The zero-order chi connectivity index (χ0) is 15.4. The van der Waals surface area contributed by atoms with Crippen molar-refractivity contribution in [1.82, 2.24) is 19.9 Å². The second-order valence-electron chi connectivity index (χ2n) is 4.88. The molecule has 0 bridgehead atoms. The first-order valence-electron chi connectivity index (χ1n) is 7.00. The van der Waals surface area contributed by atoms with E-state index in [1.807, 2.05) is 43.5 Å². The first-order valence-corrected chi connectivity index (χ1v) is 7.00. The molecule has 6 heteroatoms. The molecule has 0 radical (unpaired) electrons. The molecule has 1 amide bonds. The Balaban J connectivity index is 1.57. The molecule has 0 atom stereocenters. The first-order chi connectivity index (χ1) is 10.7. The predicted octanol–water partition coefficient (Wildman–Crippen LogP) is 1.85. The van der Waals surface area contributed by atoms with E-state index in [1.54, 1.807) is 10.7 Å². The summed E-state index contributed by atoms with van der Waals surface area (Å²) in [7, 11) is 0.